The van der Waals surface area contributed by atoms with Gasteiger partial charge in [0.05, 0.1) is 6.04 Å². The lowest BCUT2D eigenvalue weighted by Crippen LogP contribution is -2.13. The van der Waals surface area contributed by atoms with Gasteiger partial charge >= 0.3 is 0 Å². The van der Waals surface area contributed by atoms with E-state index in [1.165, 1.54) is 37.0 Å². The van der Waals surface area contributed by atoms with Crippen molar-refractivity contribution >= 4 is 0 Å². The fraction of sp³-hybridized carbons (Fsp3) is 0.294. The van der Waals surface area contributed by atoms with Gasteiger partial charge in [0.1, 0.15) is 5.82 Å². The summed E-state index contributed by atoms with van der Waals surface area (Å²) in [5.41, 5.74) is 9.45. The average molecular weight is 255 g/mol. The van der Waals surface area contributed by atoms with E-state index in [4.69, 9.17) is 5.73 Å². The van der Waals surface area contributed by atoms with Crippen LogP contribution in [0, 0.1) is 5.82 Å². The predicted octanol–water partition coefficient (Wildman–Crippen LogP) is 4.14. The Kier molecular flexibility index (Phi) is 3.34. The molecule has 1 aliphatic rings. The van der Waals surface area contributed by atoms with Crippen molar-refractivity contribution in [2.45, 2.75) is 31.2 Å². The number of nitrogens with two attached hydrogens (primary N) is 1. The third-order valence-electron chi connectivity index (χ3n) is 4.08. The lowest BCUT2D eigenvalue weighted by atomic mass is 9.79. The Morgan fingerprint density at radius 2 is 1.74 bits per heavy atom. The first-order valence-corrected chi connectivity index (χ1v) is 6.85. The normalized spacial score (nSPS) is 16.9. The minimum atomic E-state index is -0.258. The standard InChI is InChI=1S/C17H18FN/c18-16-6-2-5-15(11-16)17(19)14-9-7-13(8-10-14)12-3-1-4-12/h2,5-12,17H,1,3-4,19H2. The number of rotatable bonds is 3. The number of hydrogen-bond acceptors (Lipinski definition) is 1. The molecular weight excluding hydrogens is 237 g/mol. The molecule has 2 aromatic rings. The van der Waals surface area contributed by atoms with Crippen molar-refractivity contribution in [3.63, 3.8) is 0 Å². The summed E-state index contributed by atoms with van der Waals surface area (Å²) in [5, 5.41) is 0. The highest BCUT2D eigenvalue weighted by Gasteiger charge is 2.19. The van der Waals surface area contributed by atoms with Gasteiger partial charge in [0.25, 0.3) is 0 Å². The molecular formula is C17H18FN. The van der Waals surface area contributed by atoms with Crippen molar-refractivity contribution in [1.82, 2.24) is 0 Å². The van der Waals surface area contributed by atoms with E-state index in [0.29, 0.717) is 0 Å². The Bertz CT molecular complexity index is 558. The lowest BCUT2D eigenvalue weighted by molar-refractivity contribution is 0.419. The second-order valence-corrected chi connectivity index (χ2v) is 5.33. The van der Waals surface area contributed by atoms with Gasteiger partial charge in [-0.05, 0) is 47.6 Å². The maximum atomic E-state index is 13.2. The third-order valence-corrected chi connectivity index (χ3v) is 4.08. The minimum absolute atomic E-state index is 0.237. The molecule has 0 heterocycles. The largest absolute Gasteiger partial charge is 0.320 e. The van der Waals surface area contributed by atoms with Crippen molar-refractivity contribution in [3.8, 4) is 0 Å². The van der Waals surface area contributed by atoms with Crippen LogP contribution in [0.3, 0.4) is 0 Å². The molecule has 1 nitrogen and oxygen atoms in total. The summed E-state index contributed by atoms with van der Waals surface area (Å²) in [7, 11) is 0. The van der Waals surface area contributed by atoms with Crippen LogP contribution in [0.5, 0.6) is 0 Å². The average Bonchev–Trinajstić information content (AvgIpc) is 2.37. The Labute approximate surface area is 113 Å². The second-order valence-electron chi connectivity index (χ2n) is 5.33. The molecule has 2 aromatic carbocycles. The van der Waals surface area contributed by atoms with Crippen molar-refractivity contribution in [1.29, 1.82) is 0 Å². The zero-order valence-corrected chi connectivity index (χ0v) is 10.9. The molecule has 0 aliphatic heterocycles. The van der Waals surface area contributed by atoms with E-state index in [1.54, 1.807) is 6.07 Å². The predicted molar refractivity (Wildman–Crippen MR) is 75.5 cm³/mol. The maximum Gasteiger partial charge on any atom is 0.123 e. The number of hydrogen-bond donors (Lipinski definition) is 1. The van der Waals surface area contributed by atoms with Gasteiger partial charge < -0.3 is 5.73 Å². The van der Waals surface area contributed by atoms with E-state index in [0.717, 1.165) is 17.0 Å². The molecule has 19 heavy (non-hydrogen) atoms. The van der Waals surface area contributed by atoms with Gasteiger partial charge in [-0.25, -0.2) is 4.39 Å². The van der Waals surface area contributed by atoms with Crippen LogP contribution in [0.4, 0.5) is 4.39 Å². The van der Waals surface area contributed by atoms with Gasteiger partial charge in [0.2, 0.25) is 0 Å². The third kappa shape index (κ3) is 2.54. The molecule has 0 aromatic heterocycles. The molecule has 1 saturated carbocycles. The fourth-order valence-corrected chi connectivity index (χ4v) is 2.61. The Hall–Kier alpha value is -1.67. The molecule has 2 N–H and O–H groups in total. The molecule has 1 unspecified atom stereocenters. The van der Waals surface area contributed by atoms with Gasteiger partial charge in [-0.2, -0.15) is 0 Å². The van der Waals surface area contributed by atoms with Gasteiger partial charge in [-0.15, -0.1) is 0 Å². The smallest absolute Gasteiger partial charge is 0.123 e. The summed E-state index contributed by atoms with van der Waals surface area (Å²) in [6.07, 6.45) is 3.94. The molecule has 1 atom stereocenters. The van der Waals surface area contributed by atoms with Crippen LogP contribution >= 0.6 is 0 Å². The van der Waals surface area contributed by atoms with Crippen LogP contribution in [0.15, 0.2) is 48.5 Å². The summed E-state index contributed by atoms with van der Waals surface area (Å²) in [6.45, 7) is 0. The summed E-state index contributed by atoms with van der Waals surface area (Å²) in [6, 6.07) is 14.7. The highest BCUT2D eigenvalue weighted by atomic mass is 19.1. The molecule has 1 fully saturated rings. The van der Waals surface area contributed by atoms with Crippen LogP contribution in [0.1, 0.15) is 47.9 Å². The molecule has 0 saturated heterocycles. The highest BCUT2D eigenvalue weighted by Crippen LogP contribution is 2.36. The van der Waals surface area contributed by atoms with E-state index >= 15 is 0 Å². The summed E-state index contributed by atoms with van der Waals surface area (Å²) in [5.74, 6) is 0.499. The van der Waals surface area contributed by atoms with E-state index < -0.39 is 0 Å². The molecule has 98 valence electrons. The molecule has 0 radical (unpaired) electrons. The molecule has 0 spiro atoms. The summed E-state index contributed by atoms with van der Waals surface area (Å²) in [4.78, 5) is 0. The second kappa shape index (κ2) is 5.14. The van der Waals surface area contributed by atoms with E-state index in [9.17, 15) is 4.39 Å². The first-order chi connectivity index (χ1) is 9.24. The fourth-order valence-electron chi connectivity index (χ4n) is 2.61. The van der Waals surface area contributed by atoms with Gasteiger partial charge in [-0.3, -0.25) is 0 Å². The molecule has 2 heteroatoms. The van der Waals surface area contributed by atoms with Crippen LogP contribution in [0.2, 0.25) is 0 Å². The maximum absolute atomic E-state index is 13.2. The first-order valence-electron chi connectivity index (χ1n) is 6.85. The zero-order valence-electron chi connectivity index (χ0n) is 10.9. The van der Waals surface area contributed by atoms with E-state index in [1.807, 2.05) is 6.07 Å². The molecule has 3 rings (SSSR count). The number of halogens is 1. The topological polar surface area (TPSA) is 26.0 Å². The molecule has 0 bridgehead atoms. The van der Waals surface area contributed by atoms with Crippen molar-refractivity contribution < 1.29 is 4.39 Å². The Morgan fingerprint density at radius 3 is 2.32 bits per heavy atom. The van der Waals surface area contributed by atoms with Crippen molar-refractivity contribution in [3.05, 3.63) is 71.0 Å². The quantitative estimate of drug-likeness (QED) is 0.876. The van der Waals surface area contributed by atoms with Gasteiger partial charge in [0.15, 0.2) is 0 Å². The minimum Gasteiger partial charge on any atom is -0.320 e. The summed E-state index contributed by atoms with van der Waals surface area (Å²) < 4.78 is 13.2. The monoisotopic (exact) mass is 255 g/mol. The van der Waals surface area contributed by atoms with E-state index in [2.05, 4.69) is 24.3 Å². The Morgan fingerprint density at radius 1 is 1.00 bits per heavy atom. The van der Waals surface area contributed by atoms with Crippen LogP contribution < -0.4 is 5.73 Å². The molecule has 1 aliphatic carbocycles. The van der Waals surface area contributed by atoms with Crippen LogP contribution in [-0.4, -0.2) is 0 Å². The van der Waals surface area contributed by atoms with Crippen molar-refractivity contribution in [2.24, 2.45) is 5.73 Å². The van der Waals surface area contributed by atoms with Crippen LogP contribution in [-0.2, 0) is 0 Å². The van der Waals surface area contributed by atoms with E-state index in [-0.39, 0.29) is 11.9 Å². The lowest BCUT2D eigenvalue weighted by Gasteiger charge is -2.26. The first kappa shape index (κ1) is 12.4. The SMILES string of the molecule is NC(c1ccc(C2CCC2)cc1)c1cccc(F)c1. The zero-order chi connectivity index (χ0) is 13.2. The molecule has 0 amide bonds. The van der Waals surface area contributed by atoms with Gasteiger partial charge in [0, 0.05) is 0 Å². The van der Waals surface area contributed by atoms with Crippen molar-refractivity contribution in [2.75, 3.05) is 0 Å². The number of benzene rings is 2. The Balaban J connectivity index is 1.81. The van der Waals surface area contributed by atoms with Gasteiger partial charge in [-0.1, -0.05) is 42.8 Å². The van der Waals surface area contributed by atoms with Crippen LogP contribution in [0.25, 0.3) is 0 Å². The summed E-state index contributed by atoms with van der Waals surface area (Å²) >= 11 is 0. The highest BCUT2D eigenvalue weighted by molar-refractivity contribution is 5.34.